The second-order valence-electron chi connectivity index (χ2n) is 6.41. The van der Waals surface area contributed by atoms with Crippen LogP contribution in [0.2, 0.25) is 15.1 Å². The number of nitrogens with zero attached hydrogens (tertiary/aromatic N) is 1. The number of hydrogen-bond acceptors (Lipinski definition) is 4. The normalized spacial score (nSPS) is 14.6. The van der Waals surface area contributed by atoms with E-state index in [1.165, 1.54) is 0 Å². The molecule has 150 valence electrons. The Balaban J connectivity index is 1.59. The van der Waals surface area contributed by atoms with Crippen molar-refractivity contribution in [1.82, 2.24) is 0 Å². The molecule has 0 bridgehead atoms. The molecule has 0 radical (unpaired) electrons. The van der Waals surface area contributed by atoms with Crippen molar-refractivity contribution in [3.05, 3.63) is 104 Å². The predicted molar refractivity (Wildman–Crippen MR) is 119 cm³/mol. The van der Waals surface area contributed by atoms with Crippen molar-refractivity contribution in [2.24, 2.45) is 4.99 Å². The fraction of sp³-hybridized carbons (Fsp3) is 0.0435. The van der Waals surface area contributed by atoms with E-state index in [-0.39, 0.29) is 11.6 Å². The second-order valence-corrected chi connectivity index (χ2v) is 7.69. The van der Waals surface area contributed by atoms with Gasteiger partial charge in [-0.25, -0.2) is 9.79 Å². The van der Waals surface area contributed by atoms with Gasteiger partial charge in [0.05, 0.1) is 10.6 Å². The number of cyclic esters (lactones) is 1. The lowest BCUT2D eigenvalue weighted by atomic mass is 10.1. The molecular formula is C23H14Cl3NO3. The van der Waals surface area contributed by atoms with Gasteiger partial charge in [-0.15, -0.1) is 0 Å². The molecule has 0 fully saturated rings. The quantitative estimate of drug-likeness (QED) is 0.321. The Morgan fingerprint density at radius 1 is 0.933 bits per heavy atom. The summed E-state index contributed by atoms with van der Waals surface area (Å²) in [5.41, 5.74) is 2.31. The summed E-state index contributed by atoms with van der Waals surface area (Å²) >= 11 is 18.0. The Labute approximate surface area is 188 Å². The maximum Gasteiger partial charge on any atom is 0.363 e. The lowest BCUT2D eigenvalue weighted by Crippen LogP contribution is -2.06. The number of esters is 1. The van der Waals surface area contributed by atoms with Gasteiger partial charge in [0, 0.05) is 15.6 Å². The number of carbonyl (C=O) groups is 1. The maximum atomic E-state index is 12.3. The number of ether oxygens (including phenoxy) is 2. The molecule has 1 aliphatic heterocycles. The van der Waals surface area contributed by atoms with Crippen LogP contribution in [0.4, 0.5) is 0 Å². The van der Waals surface area contributed by atoms with Crippen molar-refractivity contribution in [2.75, 3.05) is 0 Å². The first-order valence-electron chi connectivity index (χ1n) is 8.94. The first kappa shape index (κ1) is 20.5. The van der Waals surface area contributed by atoms with Crippen molar-refractivity contribution in [2.45, 2.75) is 6.61 Å². The molecule has 0 N–H and O–H groups in total. The van der Waals surface area contributed by atoms with Crippen LogP contribution in [0.3, 0.4) is 0 Å². The number of rotatable bonds is 5. The van der Waals surface area contributed by atoms with Crippen LogP contribution in [0.5, 0.6) is 5.75 Å². The zero-order chi connectivity index (χ0) is 21.1. The minimum Gasteiger partial charge on any atom is -0.488 e. The first-order chi connectivity index (χ1) is 14.5. The van der Waals surface area contributed by atoms with E-state index >= 15 is 0 Å². The van der Waals surface area contributed by atoms with Gasteiger partial charge in [-0.2, -0.15) is 0 Å². The zero-order valence-electron chi connectivity index (χ0n) is 15.4. The summed E-state index contributed by atoms with van der Waals surface area (Å²) in [5.74, 6) is 0.178. The Kier molecular flexibility index (Phi) is 6.09. The van der Waals surface area contributed by atoms with E-state index in [4.69, 9.17) is 44.3 Å². The van der Waals surface area contributed by atoms with Crippen LogP contribution in [0.1, 0.15) is 16.7 Å². The van der Waals surface area contributed by atoms with Gasteiger partial charge < -0.3 is 9.47 Å². The van der Waals surface area contributed by atoms with E-state index in [0.717, 1.165) is 5.56 Å². The van der Waals surface area contributed by atoms with Crippen LogP contribution in [0, 0.1) is 0 Å². The van der Waals surface area contributed by atoms with Crippen LogP contribution >= 0.6 is 34.8 Å². The average molecular weight is 459 g/mol. The summed E-state index contributed by atoms with van der Waals surface area (Å²) in [6.07, 6.45) is 1.62. The Morgan fingerprint density at radius 3 is 2.43 bits per heavy atom. The number of carbonyl (C=O) groups excluding carboxylic acids is 1. The average Bonchev–Trinajstić information content (AvgIpc) is 3.08. The molecule has 4 rings (SSSR count). The minimum absolute atomic E-state index is 0.132. The molecule has 3 aromatic rings. The molecule has 30 heavy (non-hydrogen) atoms. The lowest BCUT2D eigenvalue weighted by Gasteiger charge is -2.09. The summed E-state index contributed by atoms with van der Waals surface area (Å²) in [7, 11) is 0. The predicted octanol–water partition coefficient (Wildman–Crippen LogP) is 6.57. The SMILES string of the molecule is O=C1OC(c2ccc(Cl)cc2Cl)=N/C1=C\c1ccccc1OCc1ccc(Cl)cc1. The third kappa shape index (κ3) is 4.68. The van der Waals surface area contributed by atoms with E-state index in [2.05, 4.69) is 4.99 Å². The molecule has 3 aromatic carbocycles. The maximum absolute atomic E-state index is 12.3. The van der Waals surface area contributed by atoms with Crippen molar-refractivity contribution in [3.63, 3.8) is 0 Å². The highest BCUT2D eigenvalue weighted by Gasteiger charge is 2.26. The number of para-hydroxylation sites is 1. The van der Waals surface area contributed by atoms with Crippen LogP contribution in [0.15, 0.2) is 77.4 Å². The van der Waals surface area contributed by atoms with Crippen LogP contribution in [-0.2, 0) is 16.1 Å². The summed E-state index contributed by atoms with van der Waals surface area (Å²) < 4.78 is 11.2. The van der Waals surface area contributed by atoms with Gasteiger partial charge in [-0.1, -0.05) is 65.1 Å². The highest BCUT2D eigenvalue weighted by Crippen LogP contribution is 2.28. The van der Waals surface area contributed by atoms with Crippen molar-refractivity contribution >= 4 is 52.7 Å². The molecule has 0 amide bonds. The second kappa shape index (κ2) is 8.92. The summed E-state index contributed by atoms with van der Waals surface area (Å²) in [6, 6.07) is 19.6. The highest BCUT2D eigenvalue weighted by atomic mass is 35.5. The minimum atomic E-state index is -0.566. The third-order valence-corrected chi connectivity index (χ3v) is 5.10. The lowest BCUT2D eigenvalue weighted by molar-refractivity contribution is -0.129. The first-order valence-corrected chi connectivity index (χ1v) is 10.1. The van der Waals surface area contributed by atoms with Gasteiger partial charge in [0.2, 0.25) is 5.90 Å². The molecule has 0 unspecified atom stereocenters. The molecule has 0 saturated heterocycles. The molecule has 0 aliphatic carbocycles. The van der Waals surface area contributed by atoms with Gasteiger partial charge in [-0.05, 0) is 48.0 Å². The largest absolute Gasteiger partial charge is 0.488 e. The van der Waals surface area contributed by atoms with Gasteiger partial charge >= 0.3 is 5.97 Å². The smallest absolute Gasteiger partial charge is 0.363 e. The number of benzene rings is 3. The molecule has 4 nitrogen and oxygen atoms in total. The van der Waals surface area contributed by atoms with E-state index in [9.17, 15) is 4.79 Å². The fourth-order valence-electron chi connectivity index (χ4n) is 2.81. The summed E-state index contributed by atoms with van der Waals surface area (Å²) in [6.45, 7) is 0.358. The van der Waals surface area contributed by atoms with Gasteiger partial charge in [0.15, 0.2) is 5.70 Å². The van der Waals surface area contributed by atoms with Crippen LogP contribution in [-0.4, -0.2) is 11.9 Å². The van der Waals surface area contributed by atoms with E-state index in [1.807, 2.05) is 36.4 Å². The van der Waals surface area contributed by atoms with Crippen molar-refractivity contribution in [1.29, 1.82) is 0 Å². The van der Waals surface area contributed by atoms with Gasteiger partial charge in [0.1, 0.15) is 12.4 Å². The van der Waals surface area contributed by atoms with E-state index < -0.39 is 5.97 Å². The molecule has 0 atom stereocenters. The van der Waals surface area contributed by atoms with Crippen molar-refractivity contribution in [3.8, 4) is 5.75 Å². The van der Waals surface area contributed by atoms with Gasteiger partial charge in [-0.3, -0.25) is 0 Å². The monoisotopic (exact) mass is 457 g/mol. The number of halogens is 3. The third-order valence-electron chi connectivity index (χ3n) is 4.30. The zero-order valence-corrected chi connectivity index (χ0v) is 17.7. The molecule has 1 aliphatic rings. The van der Waals surface area contributed by atoms with Gasteiger partial charge in [0.25, 0.3) is 0 Å². The summed E-state index contributed by atoms with van der Waals surface area (Å²) in [5, 5.41) is 1.50. The molecular weight excluding hydrogens is 445 g/mol. The summed E-state index contributed by atoms with van der Waals surface area (Å²) in [4.78, 5) is 16.6. The standard InChI is InChI=1S/C23H14Cl3NO3/c24-16-7-5-14(6-8-16)13-29-21-4-2-1-3-15(21)11-20-23(28)30-22(27-20)18-10-9-17(25)12-19(18)26/h1-12H,13H2/b20-11-. The Bertz CT molecular complexity index is 1170. The fourth-order valence-corrected chi connectivity index (χ4v) is 3.42. The van der Waals surface area contributed by atoms with Crippen LogP contribution < -0.4 is 4.74 Å². The van der Waals surface area contributed by atoms with E-state index in [0.29, 0.717) is 38.6 Å². The number of aliphatic imine (C=N–C) groups is 1. The number of hydrogen-bond donors (Lipinski definition) is 0. The molecule has 0 saturated carbocycles. The highest BCUT2D eigenvalue weighted by molar-refractivity contribution is 6.37. The van der Waals surface area contributed by atoms with E-state index in [1.54, 1.807) is 36.4 Å². The molecule has 1 heterocycles. The van der Waals surface area contributed by atoms with Crippen LogP contribution in [0.25, 0.3) is 6.08 Å². The Hall–Kier alpha value is -2.79. The molecule has 0 aromatic heterocycles. The van der Waals surface area contributed by atoms with Crippen molar-refractivity contribution < 1.29 is 14.3 Å². The Morgan fingerprint density at radius 2 is 1.67 bits per heavy atom. The topological polar surface area (TPSA) is 47.9 Å². The molecule has 7 heteroatoms. The molecule has 0 spiro atoms.